The van der Waals surface area contributed by atoms with E-state index in [4.69, 9.17) is 5.11 Å². The molecule has 1 rings (SSSR count). The molecule has 0 saturated carbocycles. The molecular weight excluding hydrogens is 276 g/mol. The average Bonchev–Trinajstić information content (AvgIpc) is 2.42. The number of aryl methyl sites for hydroxylation is 1. The van der Waals surface area contributed by atoms with Crippen molar-refractivity contribution in [2.75, 3.05) is 0 Å². The molecule has 2 atom stereocenters. The SMILES string of the molecule is CCC(C)C(NC(=O)c1ccc([N+](=O)[O-])cc1C)C(=O)O. The third-order valence-corrected chi connectivity index (χ3v) is 3.43. The molecule has 0 aliphatic carbocycles. The Morgan fingerprint density at radius 3 is 2.48 bits per heavy atom. The number of carboxylic acid groups (broad SMARTS) is 1. The largest absolute Gasteiger partial charge is 0.480 e. The summed E-state index contributed by atoms with van der Waals surface area (Å²) < 4.78 is 0. The molecule has 0 bridgehead atoms. The lowest BCUT2D eigenvalue weighted by molar-refractivity contribution is -0.384. The zero-order chi connectivity index (χ0) is 16.2. The number of nitro groups is 1. The summed E-state index contributed by atoms with van der Waals surface area (Å²) in [6.45, 7) is 5.15. The normalized spacial score (nSPS) is 13.3. The van der Waals surface area contributed by atoms with E-state index in [2.05, 4.69) is 5.32 Å². The summed E-state index contributed by atoms with van der Waals surface area (Å²) in [6.07, 6.45) is 0.608. The second kappa shape index (κ2) is 6.83. The van der Waals surface area contributed by atoms with Gasteiger partial charge in [-0.25, -0.2) is 4.79 Å². The van der Waals surface area contributed by atoms with Crippen molar-refractivity contribution in [1.82, 2.24) is 5.32 Å². The van der Waals surface area contributed by atoms with Gasteiger partial charge in [-0.15, -0.1) is 0 Å². The Morgan fingerprint density at radius 2 is 2.05 bits per heavy atom. The number of nitrogens with one attached hydrogen (secondary N) is 1. The van der Waals surface area contributed by atoms with Crippen LogP contribution in [0.15, 0.2) is 18.2 Å². The summed E-state index contributed by atoms with van der Waals surface area (Å²) in [5.41, 5.74) is 0.547. The first kappa shape index (κ1) is 16.6. The van der Waals surface area contributed by atoms with Crippen LogP contribution >= 0.6 is 0 Å². The number of hydrogen-bond donors (Lipinski definition) is 2. The van der Waals surface area contributed by atoms with E-state index in [0.717, 1.165) is 0 Å². The standard InChI is InChI=1S/C14H18N2O5/c1-4-8(2)12(14(18)19)15-13(17)11-6-5-10(16(20)21)7-9(11)3/h5-8,12H,4H2,1-3H3,(H,15,17)(H,18,19). The van der Waals surface area contributed by atoms with Crippen LogP contribution in [0.3, 0.4) is 0 Å². The Balaban J connectivity index is 2.98. The molecule has 1 aromatic carbocycles. The lowest BCUT2D eigenvalue weighted by Gasteiger charge is -2.20. The summed E-state index contributed by atoms with van der Waals surface area (Å²) in [5.74, 6) is -1.86. The molecule has 7 heteroatoms. The number of rotatable bonds is 6. The van der Waals surface area contributed by atoms with E-state index in [1.165, 1.54) is 18.2 Å². The van der Waals surface area contributed by atoms with Crippen molar-refractivity contribution in [3.8, 4) is 0 Å². The number of amides is 1. The summed E-state index contributed by atoms with van der Waals surface area (Å²) in [7, 11) is 0. The van der Waals surface area contributed by atoms with E-state index < -0.39 is 22.8 Å². The number of nitrogens with zero attached hydrogens (tertiary/aromatic N) is 1. The maximum absolute atomic E-state index is 12.1. The van der Waals surface area contributed by atoms with Crippen molar-refractivity contribution < 1.29 is 19.6 Å². The predicted octanol–water partition coefficient (Wildman–Crippen LogP) is 2.13. The topological polar surface area (TPSA) is 110 Å². The lowest BCUT2D eigenvalue weighted by Crippen LogP contribution is -2.45. The first-order chi connectivity index (χ1) is 9.77. The third-order valence-electron chi connectivity index (χ3n) is 3.43. The van der Waals surface area contributed by atoms with Gasteiger partial charge in [-0.2, -0.15) is 0 Å². The van der Waals surface area contributed by atoms with Crippen molar-refractivity contribution >= 4 is 17.6 Å². The fraction of sp³-hybridized carbons (Fsp3) is 0.429. The predicted molar refractivity (Wildman–Crippen MR) is 76.2 cm³/mol. The van der Waals surface area contributed by atoms with Gasteiger partial charge in [-0.05, 0) is 24.5 Å². The highest BCUT2D eigenvalue weighted by Crippen LogP contribution is 2.18. The van der Waals surface area contributed by atoms with E-state index in [9.17, 15) is 19.7 Å². The van der Waals surface area contributed by atoms with Crippen LogP contribution in [0, 0.1) is 23.0 Å². The highest BCUT2D eigenvalue weighted by atomic mass is 16.6. The number of carbonyl (C=O) groups excluding carboxylic acids is 1. The van der Waals surface area contributed by atoms with Gasteiger partial charge in [0.2, 0.25) is 0 Å². The molecule has 114 valence electrons. The molecule has 21 heavy (non-hydrogen) atoms. The smallest absolute Gasteiger partial charge is 0.326 e. The summed E-state index contributed by atoms with van der Waals surface area (Å²) in [6, 6.07) is 2.85. The lowest BCUT2D eigenvalue weighted by atomic mass is 9.98. The van der Waals surface area contributed by atoms with Gasteiger partial charge in [0.1, 0.15) is 6.04 Å². The molecule has 2 unspecified atom stereocenters. The van der Waals surface area contributed by atoms with Gasteiger partial charge in [-0.1, -0.05) is 20.3 Å². The van der Waals surface area contributed by atoms with Gasteiger partial charge in [0.25, 0.3) is 11.6 Å². The Kier molecular flexibility index (Phi) is 5.40. The zero-order valence-electron chi connectivity index (χ0n) is 12.1. The zero-order valence-corrected chi connectivity index (χ0v) is 12.1. The van der Waals surface area contributed by atoms with E-state index in [-0.39, 0.29) is 17.2 Å². The number of benzene rings is 1. The second-order valence-electron chi connectivity index (χ2n) is 4.93. The Bertz CT molecular complexity index is 570. The maximum Gasteiger partial charge on any atom is 0.326 e. The fourth-order valence-corrected chi connectivity index (χ4v) is 1.92. The first-order valence-electron chi connectivity index (χ1n) is 6.56. The van der Waals surface area contributed by atoms with Crippen molar-refractivity contribution in [3.63, 3.8) is 0 Å². The van der Waals surface area contributed by atoms with Crippen LogP contribution in [-0.2, 0) is 4.79 Å². The number of hydrogen-bond acceptors (Lipinski definition) is 4. The van der Waals surface area contributed by atoms with Gasteiger partial charge >= 0.3 is 5.97 Å². The third kappa shape index (κ3) is 4.01. The van der Waals surface area contributed by atoms with Crippen LogP contribution in [-0.4, -0.2) is 27.9 Å². The monoisotopic (exact) mass is 294 g/mol. The van der Waals surface area contributed by atoms with Crippen LogP contribution < -0.4 is 5.32 Å². The first-order valence-corrected chi connectivity index (χ1v) is 6.56. The molecule has 7 nitrogen and oxygen atoms in total. The summed E-state index contributed by atoms with van der Waals surface area (Å²) >= 11 is 0. The van der Waals surface area contributed by atoms with E-state index in [0.29, 0.717) is 12.0 Å². The van der Waals surface area contributed by atoms with Crippen LogP contribution in [0.25, 0.3) is 0 Å². The number of carboxylic acids is 1. The van der Waals surface area contributed by atoms with Crippen LogP contribution in [0.5, 0.6) is 0 Å². The number of carbonyl (C=O) groups is 2. The summed E-state index contributed by atoms with van der Waals surface area (Å²) in [5, 5.41) is 22.3. The molecule has 0 aliphatic heterocycles. The maximum atomic E-state index is 12.1. The fourth-order valence-electron chi connectivity index (χ4n) is 1.92. The van der Waals surface area contributed by atoms with Crippen molar-refractivity contribution in [3.05, 3.63) is 39.4 Å². The molecule has 0 spiro atoms. The minimum atomic E-state index is -1.10. The van der Waals surface area contributed by atoms with E-state index in [1.807, 2.05) is 6.92 Å². The molecular formula is C14H18N2O5. The quantitative estimate of drug-likeness (QED) is 0.617. The molecule has 0 radical (unpaired) electrons. The molecule has 0 fully saturated rings. The van der Waals surface area contributed by atoms with Crippen LogP contribution in [0.4, 0.5) is 5.69 Å². The van der Waals surface area contributed by atoms with Crippen molar-refractivity contribution in [2.45, 2.75) is 33.2 Å². The van der Waals surface area contributed by atoms with Gasteiger partial charge in [-0.3, -0.25) is 14.9 Å². The van der Waals surface area contributed by atoms with Gasteiger partial charge in [0.15, 0.2) is 0 Å². The minimum absolute atomic E-state index is 0.110. The highest BCUT2D eigenvalue weighted by molar-refractivity contribution is 5.98. The second-order valence-corrected chi connectivity index (χ2v) is 4.93. The minimum Gasteiger partial charge on any atom is -0.480 e. The van der Waals surface area contributed by atoms with Gasteiger partial charge in [0.05, 0.1) is 4.92 Å². The molecule has 2 N–H and O–H groups in total. The Labute approximate surface area is 122 Å². The molecule has 1 amide bonds. The van der Waals surface area contributed by atoms with Crippen LogP contribution in [0.2, 0.25) is 0 Å². The average molecular weight is 294 g/mol. The van der Waals surface area contributed by atoms with E-state index >= 15 is 0 Å². The molecule has 0 saturated heterocycles. The van der Waals surface area contributed by atoms with Gasteiger partial charge in [0, 0.05) is 17.7 Å². The van der Waals surface area contributed by atoms with Crippen LogP contribution in [0.1, 0.15) is 36.2 Å². The number of aliphatic carboxylic acids is 1. The Hall–Kier alpha value is -2.44. The number of nitro benzene ring substituents is 1. The van der Waals surface area contributed by atoms with Gasteiger partial charge < -0.3 is 10.4 Å². The number of non-ortho nitro benzene ring substituents is 1. The van der Waals surface area contributed by atoms with Crippen molar-refractivity contribution in [2.24, 2.45) is 5.92 Å². The van der Waals surface area contributed by atoms with E-state index in [1.54, 1.807) is 13.8 Å². The molecule has 0 aliphatic rings. The summed E-state index contributed by atoms with van der Waals surface area (Å²) in [4.78, 5) is 33.4. The molecule has 0 heterocycles. The molecule has 0 aromatic heterocycles. The highest BCUT2D eigenvalue weighted by Gasteiger charge is 2.26. The molecule has 1 aromatic rings. The van der Waals surface area contributed by atoms with Crippen molar-refractivity contribution in [1.29, 1.82) is 0 Å². The Morgan fingerprint density at radius 1 is 1.43 bits per heavy atom.